The molecule has 7 nitrogen and oxygen atoms in total. The number of ether oxygens (including phenoxy) is 1. The summed E-state index contributed by atoms with van der Waals surface area (Å²) in [6, 6.07) is 11.4. The van der Waals surface area contributed by atoms with E-state index in [1.807, 2.05) is 6.92 Å². The first kappa shape index (κ1) is 21.9. The molecule has 1 aliphatic heterocycles. The number of urea groups is 1. The Bertz CT molecular complexity index is 1090. The Balaban J connectivity index is 2.08. The first-order chi connectivity index (χ1) is 14.2. The number of amides is 2. The minimum atomic E-state index is -3.82. The van der Waals surface area contributed by atoms with Crippen molar-refractivity contribution in [3.05, 3.63) is 76.0 Å². The predicted molar refractivity (Wildman–Crippen MR) is 113 cm³/mol. The molecule has 3 rings (SSSR count). The van der Waals surface area contributed by atoms with Gasteiger partial charge in [0.05, 0.1) is 28.9 Å². The van der Waals surface area contributed by atoms with E-state index in [-0.39, 0.29) is 22.8 Å². The minimum absolute atomic E-state index is 0.0160. The fraction of sp³-hybridized carbons (Fsp3) is 0.238. The van der Waals surface area contributed by atoms with Gasteiger partial charge in [-0.3, -0.25) is 0 Å². The Hall–Kier alpha value is -2.84. The maximum atomic E-state index is 13.0. The maximum Gasteiger partial charge on any atom is 0.338 e. The van der Waals surface area contributed by atoms with Crippen LogP contribution in [-0.2, 0) is 19.4 Å². The van der Waals surface area contributed by atoms with Crippen molar-refractivity contribution in [1.82, 2.24) is 10.6 Å². The summed E-state index contributed by atoms with van der Waals surface area (Å²) in [6.07, 6.45) is 0. The number of halogens is 1. The van der Waals surface area contributed by atoms with E-state index in [1.54, 1.807) is 43.3 Å². The number of benzene rings is 2. The molecular weight excluding hydrogens is 428 g/mol. The van der Waals surface area contributed by atoms with Gasteiger partial charge in [-0.1, -0.05) is 41.4 Å². The standard InChI is InChI=1S/C21H21ClN2O5S/c1-3-29-20(25)18-17(12-30(27,28)16-10-4-13(2)5-11-16)23-21(26)24-19(18)14-6-8-15(22)9-7-14/h4-11,19H,3,12H2,1-2H3,(H2,23,24,26). The number of esters is 1. The molecule has 0 aromatic heterocycles. The first-order valence-corrected chi connectivity index (χ1v) is 11.3. The van der Waals surface area contributed by atoms with E-state index in [1.165, 1.54) is 12.1 Å². The molecule has 30 heavy (non-hydrogen) atoms. The molecule has 2 aromatic carbocycles. The average Bonchev–Trinajstić information content (AvgIpc) is 2.68. The number of sulfone groups is 1. The fourth-order valence-corrected chi connectivity index (χ4v) is 4.56. The molecular formula is C21H21ClN2O5S. The second kappa shape index (κ2) is 8.89. The molecule has 0 bridgehead atoms. The van der Waals surface area contributed by atoms with Crippen LogP contribution in [0, 0.1) is 6.92 Å². The van der Waals surface area contributed by atoms with Crippen molar-refractivity contribution in [3.63, 3.8) is 0 Å². The van der Waals surface area contributed by atoms with Crippen molar-refractivity contribution in [1.29, 1.82) is 0 Å². The van der Waals surface area contributed by atoms with Gasteiger partial charge in [0.2, 0.25) is 0 Å². The molecule has 1 heterocycles. The van der Waals surface area contributed by atoms with E-state index >= 15 is 0 Å². The molecule has 2 aromatic rings. The Morgan fingerprint density at radius 3 is 2.33 bits per heavy atom. The lowest BCUT2D eigenvalue weighted by atomic mass is 9.95. The average molecular weight is 449 g/mol. The van der Waals surface area contributed by atoms with Crippen LogP contribution < -0.4 is 10.6 Å². The summed E-state index contributed by atoms with van der Waals surface area (Å²) < 4.78 is 31.1. The highest BCUT2D eigenvalue weighted by Crippen LogP contribution is 2.30. The van der Waals surface area contributed by atoms with Crippen LogP contribution in [0.3, 0.4) is 0 Å². The Morgan fingerprint density at radius 2 is 1.73 bits per heavy atom. The van der Waals surface area contributed by atoms with Crippen molar-refractivity contribution in [2.45, 2.75) is 24.8 Å². The zero-order valence-electron chi connectivity index (χ0n) is 16.4. The van der Waals surface area contributed by atoms with E-state index < -0.39 is 33.6 Å². The highest BCUT2D eigenvalue weighted by molar-refractivity contribution is 7.91. The van der Waals surface area contributed by atoms with Crippen molar-refractivity contribution in [2.75, 3.05) is 12.4 Å². The summed E-state index contributed by atoms with van der Waals surface area (Å²) in [5, 5.41) is 5.62. The van der Waals surface area contributed by atoms with Crippen LogP contribution in [0.15, 0.2) is 64.7 Å². The third-order valence-corrected chi connectivity index (χ3v) is 6.48. The monoisotopic (exact) mass is 448 g/mol. The molecule has 0 radical (unpaired) electrons. The number of hydrogen-bond acceptors (Lipinski definition) is 5. The summed E-state index contributed by atoms with van der Waals surface area (Å²) in [6.45, 7) is 3.59. The number of nitrogens with one attached hydrogen (secondary N) is 2. The summed E-state index contributed by atoms with van der Waals surface area (Å²) in [7, 11) is -3.82. The molecule has 158 valence electrons. The van der Waals surface area contributed by atoms with E-state index in [9.17, 15) is 18.0 Å². The van der Waals surface area contributed by atoms with Gasteiger partial charge in [0.25, 0.3) is 0 Å². The minimum Gasteiger partial charge on any atom is -0.463 e. The molecule has 0 spiro atoms. The van der Waals surface area contributed by atoms with Crippen molar-refractivity contribution in [3.8, 4) is 0 Å². The molecule has 9 heteroatoms. The van der Waals surface area contributed by atoms with Gasteiger partial charge in [0.1, 0.15) is 0 Å². The van der Waals surface area contributed by atoms with Crippen LogP contribution >= 0.6 is 11.6 Å². The smallest absolute Gasteiger partial charge is 0.338 e. The van der Waals surface area contributed by atoms with Crippen LogP contribution in [0.5, 0.6) is 0 Å². The SMILES string of the molecule is CCOC(=O)C1=C(CS(=O)(=O)c2ccc(C)cc2)NC(=O)NC1c1ccc(Cl)cc1. The van der Waals surface area contributed by atoms with Crippen LogP contribution in [0.1, 0.15) is 24.1 Å². The third-order valence-electron chi connectivity index (χ3n) is 4.57. The molecule has 1 unspecified atom stereocenters. The van der Waals surface area contributed by atoms with Gasteiger partial charge in [-0.05, 0) is 43.7 Å². The second-order valence-electron chi connectivity index (χ2n) is 6.77. The molecule has 2 N–H and O–H groups in total. The van der Waals surface area contributed by atoms with Crippen LogP contribution in [0.2, 0.25) is 5.02 Å². The highest BCUT2D eigenvalue weighted by atomic mass is 35.5. The van der Waals surface area contributed by atoms with E-state index in [2.05, 4.69) is 10.6 Å². The van der Waals surface area contributed by atoms with Crippen molar-refractivity contribution in [2.24, 2.45) is 0 Å². The zero-order valence-corrected chi connectivity index (χ0v) is 18.0. The van der Waals surface area contributed by atoms with Crippen molar-refractivity contribution < 1.29 is 22.7 Å². The number of carbonyl (C=O) groups is 2. The lowest BCUT2D eigenvalue weighted by molar-refractivity contribution is -0.139. The number of hydrogen-bond donors (Lipinski definition) is 2. The molecule has 1 atom stereocenters. The highest BCUT2D eigenvalue weighted by Gasteiger charge is 2.35. The molecule has 1 aliphatic rings. The third kappa shape index (κ3) is 4.83. The Kier molecular flexibility index (Phi) is 6.48. The quantitative estimate of drug-likeness (QED) is 0.660. The summed E-state index contributed by atoms with van der Waals surface area (Å²) in [5.74, 6) is -1.26. The van der Waals surface area contributed by atoms with Crippen LogP contribution in [-0.4, -0.2) is 32.8 Å². The molecule has 0 aliphatic carbocycles. The van der Waals surface area contributed by atoms with Gasteiger partial charge in [0, 0.05) is 10.7 Å². The zero-order chi connectivity index (χ0) is 21.9. The summed E-state index contributed by atoms with van der Waals surface area (Å²) in [5.41, 5.74) is 1.51. The van der Waals surface area contributed by atoms with Gasteiger partial charge in [-0.25, -0.2) is 18.0 Å². The Morgan fingerprint density at radius 1 is 1.10 bits per heavy atom. The number of aryl methyl sites for hydroxylation is 1. The van der Waals surface area contributed by atoms with Gasteiger partial charge >= 0.3 is 12.0 Å². The molecule has 0 saturated carbocycles. The lowest BCUT2D eigenvalue weighted by Gasteiger charge is -2.29. The normalized spacial score (nSPS) is 16.6. The van der Waals surface area contributed by atoms with Gasteiger partial charge in [-0.15, -0.1) is 0 Å². The van der Waals surface area contributed by atoms with Gasteiger partial charge in [0.15, 0.2) is 9.84 Å². The van der Waals surface area contributed by atoms with E-state index in [0.29, 0.717) is 10.6 Å². The predicted octanol–water partition coefficient (Wildman–Crippen LogP) is 3.29. The molecule has 0 saturated heterocycles. The summed E-state index contributed by atoms with van der Waals surface area (Å²) in [4.78, 5) is 25.1. The molecule has 0 fully saturated rings. The lowest BCUT2D eigenvalue weighted by Crippen LogP contribution is -2.47. The number of rotatable bonds is 6. The Labute approximate surface area is 180 Å². The van der Waals surface area contributed by atoms with Gasteiger partial charge < -0.3 is 15.4 Å². The fourth-order valence-electron chi connectivity index (χ4n) is 3.11. The first-order valence-electron chi connectivity index (χ1n) is 9.24. The van der Waals surface area contributed by atoms with Crippen LogP contribution in [0.4, 0.5) is 4.79 Å². The number of carbonyl (C=O) groups excluding carboxylic acids is 2. The topological polar surface area (TPSA) is 102 Å². The van der Waals surface area contributed by atoms with Crippen LogP contribution in [0.25, 0.3) is 0 Å². The maximum absolute atomic E-state index is 13.0. The van der Waals surface area contributed by atoms with E-state index in [0.717, 1.165) is 5.56 Å². The second-order valence-corrected chi connectivity index (χ2v) is 9.19. The summed E-state index contributed by atoms with van der Waals surface area (Å²) >= 11 is 5.94. The van der Waals surface area contributed by atoms with Crippen molar-refractivity contribution >= 4 is 33.4 Å². The van der Waals surface area contributed by atoms with E-state index in [4.69, 9.17) is 16.3 Å². The largest absolute Gasteiger partial charge is 0.463 e. The molecule has 2 amide bonds. The van der Waals surface area contributed by atoms with Gasteiger partial charge in [-0.2, -0.15) is 0 Å².